The summed E-state index contributed by atoms with van der Waals surface area (Å²) in [5, 5.41) is 10.7. The standard InChI is InChI=1S/C14H14N2O3.C2H6/c1-3-5-6-10(4-2)14(17)12-9-11(16(18)19)7-8-13(12)15;1-2/h3-9H,2,15H2,1H3;1-2H3/b5-3-,10-6+;. The molecule has 112 valence electrons. The SMILES string of the molecule is C=C/C(=C\C=C/C)C(=O)c1cc([N+](=O)[O-])ccc1N.CC. The molecule has 0 saturated carbocycles. The molecule has 0 heterocycles. The Morgan fingerprint density at radius 2 is 2.00 bits per heavy atom. The normalized spacial score (nSPS) is 10.7. The molecule has 0 fully saturated rings. The Bertz CT molecular complexity index is 587. The van der Waals surface area contributed by atoms with Crippen LogP contribution < -0.4 is 5.73 Å². The molecule has 21 heavy (non-hydrogen) atoms. The van der Waals surface area contributed by atoms with Gasteiger partial charge >= 0.3 is 0 Å². The summed E-state index contributed by atoms with van der Waals surface area (Å²) in [5.41, 5.74) is 6.14. The molecule has 0 spiro atoms. The highest BCUT2D eigenvalue weighted by Crippen LogP contribution is 2.22. The van der Waals surface area contributed by atoms with E-state index in [9.17, 15) is 14.9 Å². The van der Waals surface area contributed by atoms with E-state index in [2.05, 4.69) is 6.58 Å². The number of nitro benzene ring substituents is 1. The van der Waals surface area contributed by atoms with Gasteiger partial charge in [-0.15, -0.1) is 0 Å². The molecule has 0 atom stereocenters. The van der Waals surface area contributed by atoms with Crippen LogP contribution in [0.5, 0.6) is 0 Å². The number of hydrogen-bond donors (Lipinski definition) is 1. The summed E-state index contributed by atoms with van der Waals surface area (Å²) in [6, 6.07) is 3.78. The van der Waals surface area contributed by atoms with Crippen molar-refractivity contribution in [3.05, 3.63) is 70.3 Å². The van der Waals surface area contributed by atoms with Gasteiger partial charge in [-0.25, -0.2) is 0 Å². The fraction of sp³-hybridized carbons (Fsp3) is 0.188. The number of Topliss-reactive ketones (excluding diaryl/α,β-unsaturated/α-hetero) is 1. The molecule has 1 rings (SSSR count). The summed E-state index contributed by atoms with van der Waals surface area (Å²) < 4.78 is 0. The van der Waals surface area contributed by atoms with E-state index in [0.717, 1.165) is 0 Å². The first-order chi connectivity index (χ1) is 10.0. The Morgan fingerprint density at radius 1 is 1.38 bits per heavy atom. The topological polar surface area (TPSA) is 86.2 Å². The highest BCUT2D eigenvalue weighted by Gasteiger charge is 2.16. The van der Waals surface area contributed by atoms with Crippen molar-refractivity contribution in [2.24, 2.45) is 0 Å². The molecule has 0 amide bonds. The van der Waals surface area contributed by atoms with Crippen LogP contribution in [0.1, 0.15) is 31.1 Å². The zero-order valence-corrected chi connectivity index (χ0v) is 12.5. The number of allylic oxidation sites excluding steroid dienone is 5. The van der Waals surface area contributed by atoms with Gasteiger partial charge in [-0.05, 0) is 13.0 Å². The number of nitrogens with zero attached hydrogens (tertiary/aromatic N) is 1. The minimum absolute atomic E-state index is 0.102. The van der Waals surface area contributed by atoms with Crippen LogP contribution in [0.25, 0.3) is 0 Å². The van der Waals surface area contributed by atoms with Crippen LogP contribution in [0.4, 0.5) is 11.4 Å². The van der Waals surface area contributed by atoms with Crippen molar-refractivity contribution >= 4 is 17.2 Å². The van der Waals surface area contributed by atoms with Gasteiger partial charge in [0, 0.05) is 23.4 Å². The van der Waals surface area contributed by atoms with Crippen LogP contribution in [0.2, 0.25) is 0 Å². The average molecular weight is 288 g/mol. The first-order valence-electron chi connectivity index (χ1n) is 6.55. The minimum atomic E-state index is -0.570. The average Bonchev–Trinajstić information content (AvgIpc) is 2.50. The number of ketones is 1. The number of nitrogen functional groups attached to an aromatic ring is 1. The molecule has 0 radical (unpaired) electrons. The lowest BCUT2D eigenvalue weighted by atomic mass is 10.0. The molecule has 2 N–H and O–H groups in total. The van der Waals surface area contributed by atoms with Crippen molar-refractivity contribution in [3.8, 4) is 0 Å². The predicted octanol–water partition coefficient (Wildman–Crippen LogP) is 4.07. The van der Waals surface area contributed by atoms with E-state index in [1.54, 1.807) is 18.2 Å². The highest BCUT2D eigenvalue weighted by atomic mass is 16.6. The van der Waals surface area contributed by atoms with Crippen LogP contribution in [0, 0.1) is 10.1 Å². The third-order valence-corrected chi connectivity index (χ3v) is 2.44. The molecule has 0 aliphatic heterocycles. The second kappa shape index (κ2) is 9.25. The molecule has 0 aliphatic rings. The van der Waals surface area contributed by atoms with Gasteiger partial charge in [0.05, 0.1) is 10.5 Å². The number of nitrogens with two attached hydrogens (primary N) is 1. The number of carbonyl (C=O) groups excluding carboxylic acids is 1. The largest absolute Gasteiger partial charge is 0.398 e. The van der Waals surface area contributed by atoms with Crippen molar-refractivity contribution < 1.29 is 9.72 Å². The Labute approximate surface area is 124 Å². The molecule has 0 saturated heterocycles. The Morgan fingerprint density at radius 3 is 2.48 bits per heavy atom. The van der Waals surface area contributed by atoms with Gasteiger partial charge < -0.3 is 5.73 Å². The van der Waals surface area contributed by atoms with Crippen LogP contribution in [0.3, 0.4) is 0 Å². The Hall–Kier alpha value is -2.69. The van der Waals surface area contributed by atoms with Crippen LogP contribution >= 0.6 is 0 Å². The van der Waals surface area contributed by atoms with Crippen LogP contribution in [-0.2, 0) is 0 Å². The lowest BCUT2D eigenvalue weighted by molar-refractivity contribution is -0.384. The van der Waals surface area contributed by atoms with Gasteiger partial charge in [0.1, 0.15) is 0 Å². The number of hydrogen-bond acceptors (Lipinski definition) is 4. The summed E-state index contributed by atoms with van der Waals surface area (Å²) in [6.07, 6.45) is 6.41. The summed E-state index contributed by atoms with van der Waals surface area (Å²) in [5.74, 6) is -0.394. The van der Waals surface area contributed by atoms with Crippen molar-refractivity contribution in [2.45, 2.75) is 20.8 Å². The summed E-state index contributed by atoms with van der Waals surface area (Å²) in [7, 11) is 0. The van der Waals surface area contributed by atoms with Gasteiger partial charge in [0.25, 0.3) is 5.69 Å². The maximum absolute atomic E-state index is 12.2. The van der Waals surface area contributed by atoms with E-state index in [4.69, 9.17) is 5.73 Å². The third kappa shape index (κ3) is 5.06. The minimum Gasteiger partial charge on any atom is -0.398 e. The number of benzene rings is 1. The fourth-order valence-electron chi connectivity index (χ4n) is 1.45. The maximum Gasteiger partial charge on any atom is 0.270 e. The van der Waals surface area contributed by atoms with E-state index in [1.165, 1.54) is 24.3 Å². The second-order valence-corrected chi connectivity index (χ2v) is 3.71. The maximum atomic E-state index is 12.2. The molecule has 0 unspecified atom stereocenters. The molecule has 0 bridgehead atoms. The van der Waals surface area contributed by atoms with Crippen molar-refractivity contribution in [3.63, 3.8) is 0 Å². The van der Waals surface area contributed by atoms with E-state index in [0.29, 0.717) is 5.57 Å². The first-order valence-corrected chi connectivity index (χ1v) is 6.55. The molecule has 1 aromatic carbocycles. The molecular formula is C16H20N2O3. The monoisotopic (exact) mass is 288 g/mol. The molecule has 0 aromatic heterocycles. The van der Waals surface area contributed by atoms with Crippen LogP contribution in [0.15, 0.2) is 54.7 Å². The van der Waals surface area contributed by atoms with Crippen molar-refractivity contribution in [2.75, 3.05) is 5.73 Å². The number of carbonyl (C=O) groups is 1. The highest BCUT2D eigenvalue weighted by molar-refractivity contribution is 6.13. The molecule has 5 nitrogen and oxygen atoms in total. The van der Waals surface area contributed by atoms with Crippen molar-refractivity contribution in [1.82, 2.24) is 0 Å². The van der Waals surface area contributed by atoms with E-state index in [1.807, 2.05) is 20.8 Å². The van der Waals surface area contributed by atoms with Gasteiger partial charge in [-0.1, -0.05) is 44.7 Å². The van der Waals surface area contributed by atoms with E-state index >= 15 is 0 Å². The van der Waals surface area contributed by atoms with E-state index < -0.39 is 10.7 Å². The number of non-ortho nitro benzene ring substituents is 1. The molecule has 0 aliphatic carbocycles. The Kier molecular flexibility index (Phi) is 8.07. The smallest absolute Gasteiger partial charge is 0.270 e. The number of nitro groups is 1. The fourth-order valence-corrected chi connectivity index (χ4v) is 1.45. The lowest BCUT2D eigenvalue weighted by Crippen LogP contribution is -2.06. The quantitative estimate of drug-likeness (QED) is 0.221. The second-order valence-electron chi connectivity index (χ2n) is 3.71. The third-order valence-electron chi connectivity index (χ3n) is 2.44. The van der Waals surface area contributed by atoms with Gasteiger partial charge in [-0.2, -0.15) is 0 Å². The zero-order valence-electron chi connectivity index (χ0n) is 12.5. The van der Waals surface area contributed by atoms with Gasteiger partial charge in [0.15, 0.2) is 5.78 Å². The first kappa shape index (κ1) is 18.3. The molecule has 5 heteroatoms. The van der Waals surface area contributed by atoms with Gasteiger partial charge in [-0.3, -0.25) is 14.9 Å². The zero-order chi connectivity index (χ0) is 16.4. The summed E-state index contributed by atoms with van der Waals surface area (Å²) in [4.78, 5) is 22.3. The Balaban J connectivity index is 0.00000191. The molecular weight excluding hydrogens is 268 g/mol. The summed E-state index contributed by atoms with van der Waals surface area (Å²) in [6.45, 7) is 9.36. The predicted molar refractivity (Wildman–Crippen MR) is 86.3 cm³/mol. The summed E-state index contributed by atoms with van der Waals surface area (Å²) >= 11 is 0. The molecule has 1 aromatic rings. The van der Waals surface area contributed by atoms with Gasteiger partial charge in [0.2, 0.25) is 0 Å². The van der Waals surface area contributed by atoms with Crippen LogP contribution in [-0.4, -0.2) is 10.7 Å². The number of rotatable bonds is 5. The van der Waals surface area contributed by atoms with E-state index in [-0.39, 0.29) is 16.9 Å². The lowest BCUT2D eigenvalue weighted by Gasteiger charge is -2.05. The van der Waals surface area contributed by atoms with Crippen molar-refractivity contribution in [1.29, 1.82) is 0 Å². The number of anilines is 1.